The van der Waals surface area contributed by atoms with Gasteiger partial charge in [-0.1, -0.05) is 11.6 Å². The number of carboxylic acids is 1. The molecule has 0 saturated heterocycles. The molecular formula is C12H15ClN2O3. The second kappa shape index (κ2) is 5.12. The third-order valence-electron chi connectivity index (χ3n) is 3.34. The molecule has 0 unspecified atom stereocenters. The molecule has 1 aliphatic rings. The first kappa shape index (κ1) is 13.1. The van der Waals surface area contributed by atoms with Crippen LogP contribution in [0.5, 0.6) is 0 Å². The molecule has 1 fully saturated rings. The number of aromatic nitrogens is 1. The number of methoxy groups -OCH3 is 1. The first-order chi connectivity index (χ1) is 8.56. The molecule has 18 heavy (non-hydrogen) atoms. The van der Waals surface area contributed by atoms with E-state index in [4.69, 9.17) is 21.4 Å². The van der Waals surface area contributed by atoms with Crippen LogP contribution in [0.25, 0.3) is 0 Å². The minimum Gasteiger partial charge on any atom is -0.476 e. The molecule has 0 bridgehead atoms. The summed E-state index contributed by atoms with van der Waals surface area (Å²) in [5, 5.41) is 12.2. The van der Waals surface area contributed by atoms with Gasteiger partial charge < -0.3 is 15.2 Å². The number of nitrogens with one attached hydrogen (secondary N) is 1. The minimum absolute atomic E-state index is 0.134. The van der Waals surface area contributed by atoms with Crippen LogP contribution in [0.3, 0.4) is 0 Å². The maximum Gasteiger partial charge on any atom is 0.356 e. The van der Waals surface area contributed by atoms with E-state index >= 15 is 0 Å². The summed E-state index contributed by atoms with van der Waals surface area (Å²) < 4.78 is 5.46. The molecule has 1 heterocycles. The molecule has 1 aliphatic carbocycles. The van der Waals surface area contributed by atoms with Crippen LogP contribution in [0.4, 0.5) is 5.82 Å². The van der Waals surface area contributed by atoms with Gasteiger partial charge in [-0.2, -0.15) is 0 Å². The number of hydrogen-bond donors (Lipinski definition) is 2. The van der Waals surface area contributed by atoms with Crippen molar-refractivity contribution < 1.29 is 14.6 Å². The summed E-state index contributed by atoms with van der Waals surface area (Å²) in [6.45, 7) is 0.622. The van der Waals surface area contributed by atoms with Gasteiger partial charge in [0.05, 0.1) is 10.6 Å². The second-order valence-electron chi connectivity index (χ2n) is 4.43. The molecule has 1 aromatic heterocycles. The van der Waals surface area contributed by atoms with Gasteiger partial charge in [0.1, 0.15) is 5.82 Å². The van der Waals surface area contributed by atoms with Crippen molar-refractivity contribution in [2.75, 3.05) is 19.0 Å². The number of nitrogens with zero attached hydrogens (tertiary/aromatic N) is 1. The monoisotopic (exact) mass is 270 g/mol. The maximum absolute atomic E-state index is 10.9. The predicted octanol–water partition coefficient (Wildman–Crippen LogP) is 2.41. The van der Waals surface area contributed by atoms with Crippen LogP contribution in [0, 0.1) is 0 Å². The van der Waals surface area contributed by atoms with Gasteiger partial charge in [0.25, 0.3) is 0 Å². The van der Waals surface area contributed by atoms with Crippen LogP contribution in [-0.2, 0) is 4.74 Å². The molecule has 6 heteroatoms. The third-order valence-corrected chi connectivity index (χ3v) is 3.64. The highest BCUT2D eigenvalue weighted by Gasteiger charge is 2.36. The zero-order valence-corrected chi connectivity index (χ0v) is 10.8. The van der Waals surface area contributed by atoms with E-state index in [1.54, 1.807) is 13.2 Å². The Morgan fingerprint density at radius 2 is 2.33 bits per heavy atom. The van der Waals surface area contributed by atoms with Gasteiger partial charge in [0.2, 0.25) is 0 Å². The molecule has 5 nitrogen and oxygen atoms in total. The van der Waals surface area contributed by atoms with Gasteiger partial charge in [-0.3, -0.25) is 0 Å². The number of anilines is 1. The van der Waals surface area contributed by atoms with Crippen molar-refractivity contribution in [3.05, 3.63) is 22.8 Å². The molecule has 0 spiro atoms. The van der Waals surface area contributed by atoms with Gasteiger partial charge in [0, 0.05) is 13.7 Å². The number of halogens is 1. The zero-order valence-electron chi connectivity index (χ0n) is 10.1. The molecule has 1 aromatic rings. The van der Waals surface area contributed by atoms with Crippen LogP contribution in [0.1, 0.15) is 29.8 Å². The van der Waals surface area contributed by atoms with E-state index in [2.05, 4.69) is 10.3 Å². The van der Waals surface area contributed by atoms with E-state index in [1.165, 1.54) is 6.07 Å². The molecule has 0 aromatic carbocycles. The van der Waals surface area contributed by atoms with E-state index in [-0.39, 0.29) is 16.3 Å². The quantitative estimate of drug-likeness (QED) is 0.860. The van der Waals surface area contributed by atoms with E-state index in [0.717, 1.165) is 19.3 Å². The van der Waals surface area contributed by atoms with Crippen molar-refractivity contribution >= 4 is 23.4 Å². The summed E-state index contributed by atoms with van der Waals surface area (Å²) in [5.41, 5.74) is -0.271. The highest BCUT2D eigenvalue weighted by atomic mass is 35.5. The lowest BCUT2D eigenvalue weighted by atomic mass is 9.80. The summed E-state index contributed by atoms with van der Waals surface area (Å²) in [7, 11) is 1.69. The Kier molecular flexibility index (Phi) is 3.73. The van der Waals surface area contributed by atoms with Crippen LogP contribution in [-0.4, -0.2) is 35.3 Å². The average Bonchev–Trinajstić information content (AvgIpc) is 2.30. The molecule has 98 valence electrons. The topological polar surface area (TPSA) is 71.5 Å². The smallest absolute Gasteiger partial charge is 0.356 e. The van der Waals surface area contributed by atoms with E-state index in [9.17, 15) is 4.79 Å². The summed E-state index contributed by atoms with van der Waals surface area (Å²) in [5.74, 6) is -0.631. The van der Waals surface area contributed by atoms with Gasteiger partial charge >= 0.3 is 5.97 Å². The first-order valence-corrected chi connectivity index (χ1v) is 6.13. The Balaban J connectivity index is 2.06. The van der Waals surface area contributed by atoms with Crippen LogP contribution in [0.15, 0.2) is 12.1 Å². The van der Waals surface area contributed by atoms with Gasteiger partial charge in [-0.05, 0) is 31.4 Å². The van der Waals surface area contributed by atoms with Crippen molar-refractivity contribution in [3.63, 3.8) is 0 Å². The molecule has 0 atom stereocenters. The van der Waals surface area contributed by atoms with E-state index in [0.29, 0.717) is 12.4 Å². The van der Waals surface area contributed by atoms with Crippen molar-refractivity contribution in [1.82, 2.24) is 4.98 Å². The highest BCUT2D eigenvalue weighted by Crippen LogP contribution is 2.35. The molecule has 1 saturated carbocycles. The first-order valence-electron chi connectivity index (χ1n) is 5.75. The Morgan fingerprint density at radius 3 is 2.83 bits per heavy atom. The number of carbonyl (C=O) groups is 1. The Hall–Kier alpha value is -1.33. The summed E-state index contributed by atoms with van der Waals surface area (Å²) in [4.78, 5) is 14.9. The fraction of sp³-hybridized carbons (Fsp3) is 0.500. The number of hydrogen-bond acceptors (Lipinski definition) is 4. The third kappa shape index (κ3) is 2.57. The lowest BCUT2D eigenvalue weighted by Crippen LogP contribution is -2.45. The number of ether oxygens (including phenoxy) is 1. The highest BCUT2D eigenvalue weighted by molar-refractivity contribution is 6.33. The molecule has 0 radical (unpaired) electrons. The number of pyridine rings is 1. The standard InChI is InChI=1S/C12H15ClN2O3/c1-18-12(5-2-6-12)7-14-9-4-3-8(13)10(15-9)11(16)17/h3-4H,2,5-7H2,1H3,(H,14,15)(H,16,17). The summed E-state index contributed by atoms with van der Waals surface area (Å²) in [6, 6.07) is 3.19. The fourth-order valence-corrected chi connectivity index (χ4v) is 2.15. The second-order valence-corrected chi connectivity index (χ2v) is 4.83. The van der Waals surface area contributed by atoms with Crippen molar-refractivity contribution in [3.8, 4) is 0 Å². The summed E-state index contributed by atoms with van der Waals surface area (Å²) in [6.07, 6.45) is 3.18. The van der Waals surface area contributed by atoms with Crippen LogP contribution < -0.4 is 5.32 Å². The molecule has 0 amide bonds. The van der Waals surface area contributed by atoms with E-state index < -0.39 is 5.97 Å². The number of aromatic carboxylic acids is 1. The van der Waals surface area contributed by atoms with Crippen LogP contribution >= 0.6 is 11.6 Å². The molecule has 2 N–H and O–H groups in total. The van der Waals surface area contributed by atoms with Crippen molar-refractivity contribution in [2.45, 2.75) is 24.9 Å². The van der Waals surface area contributed by atoms with Crippen LogP contribution in [0.2, 0.25) is 5.02 Å². The minimum atomic E-state index is -1.13. The number of carboxylic acid groups (broad SMARTS) is 1. The van der Waals surface area contributed by atoms with Crippen molar-refractivity contribution in [1.29, 1.82) is 0 Å². The lowest BCUT2D eigenvalue weighted by Gasteiger charge is -2.40. The molecule has 0 aliphatic heterocycles. The average molecular weight is 271 g/mol. The molecule has 2 rings (SSSR count). The Labute approximate surface area is 110 Å². The van der Waals surface area contributed by atoms with Gasteiger partial charge in [-0.25, -0.2) is 9.78 Å². The maximum atomic E-state index is 10.9. The van der Waals surface area contributed by atoms with Gasteiger partial charge in [0.15, 0.2) is 5.69 Å². The van der Waals surface area contributed by atoms with E-state index in [1.807, 2.05) is 0 Å². The Bertz CT molecular complexity index is 455. The molecular weight excluding hydrogens is 256 g/mol. The zero-order chi connectivity index (χ0) is 13.2. The summed E-state index contributed by atoms with van der Waals surface area (Å²) >= 11 is 5.75. The lowest BCUT2D eigenvalue weighted by molar-refractivity contribution is -0.0601. The SMILES string of the molecule is COC1(CNc2ccc(Cl)c(C(=O)O)n2)CCC1. The number of rotatable bonds is 5. The predicted molar refractivity (Wildman–Crippen MR) is 68.3 cm³/mol. The van der Waals surface area contributed by atoms with Crippen molar-refractivity contribution in [2.24, 2.45) is 0 Å². The fourth-order valence-electron chi connectivity index (χ4n) is 1.97. The largest absolute Gasteiger partial charge is 0.476 e. The normalized spacial score (nSPS) is 17.0. The Morgan fingerprint density at radius 1 is 1.61 bits per heavy atom. The van der Waals surface area contributed by atoms with Gasteiger partial charge in [-0.15, -0.1) is 0 Å².